The zero-order chi connectivity index (χ0) is 11.6. The van der Waals surface area contributed by atoms with Crippen molar-refractivity contribution in [1.29, 1.82) is 0 Å². The van der Waals surface area contributed by atoms with Gasteiger partial charge in [-0.25, -0.2) is 0 Å². The van der Waals surface area contributed by atoms with Gasteiger partial charge in [-0.2, -0.15) is 0 Å². The average Bonchev–Trinajstić information content (AvgIpc) is 1.98. The number of allylic oxidation sites excluding steroid dienone is 4. The summed E-state index contributed by atoms with van der Waals surface area (Å²) >= 11 is 0. The van der Waals surface area contributed by atoms with Crippen LogP contribution in [-0.4, -0.2) is 11.6 Å². The van der Waals surface area contributed by atoms with Crippen molar-refractivity contribution in [2.45, 2.75) is 40.5 Å². The molecule has 0 unspecified atom stereocenters. The Bertz CT molecular complexity index is 357. The van der Waals surface area contributed by atoms with Gasteiger partial charge >= 0.3 is 0 Å². The van der Waals surface area contributed by atoms with Crippen LogP contribution in [0.1, 0.15) is 40.5 Å². The first kappa shape index (κ1) is 11.9. The van der Waals surface area contributed by atoms with Crippen molar-refractivity contribution >= 4 is 11.6 Å². The van der Waals surface area contributed by atoms with Crippen LogP contribution in [0.25, 0.3) is 0 Å². The van der Waals surface area contributed by atoms with Gasteiger partial charge in [0.05, 0.1) is 0 Å². The van der Waals surface area contributed by atoms with Crippen LogP contribution >= 0.6 is 0 Å². The van der Waals surface area contributed by atoms with E-state index in [2.05, 4.69) is 0 Å². The van der Waals surface area contributed by atoms with Crippen LogP contribution in [0.2, 0.25) is 0 Å². The molecule has 0 heterocycles. The fraction of sp³-hybridized carbons (Fsp3) is 0.538. The molecule has 15 heavy (non-hydrogen) atoms. The Morgan fingerprint density at radius 2 is 2.13 bits per heavy atom. The Kier molecular flexibility index (Phi) is 3.28. The highest BCUT2D eigenvalue weighted by Gasteiger charge is 2.30. The smallest absolute Gasteiger partial charge is 0.156 e. The second-order valence-corrected chi connectivity index (χ2v) is 4.88. The molecular formula is C13H18O2. The molecule has 0 fully saturated rings. The van der Waals surface area contributed by atoms with Crippen molar-refractivity contribution < 1.29 is 9.59 Å². The van der Waals surface area contributed by atoms with Gasteiger partial charge < -0.3 is 0 Å². The maximum absolute atomic E-state index is 11.4. The quantitative estimate of drug-likeness (QED) is 0.696. The number of hydrogen-bond donors (Lipinski definition) is 0. The van der Waals surface area contributed by atoms with Gasteiger partial charge in [0.1, 0.15) is 5.78 Å². The third-order valence-corrected chi connectivity index (χ3v) is 2.74. The third kappa shape index (κ3) is 2.88. The number of carbonyl (C=O) groups excluding carboxylic acids is 2. The summed E-state index contributed by atoms with van der Waals surface area (Å²) in [5.74, 6) is 0.334. The van der Waals surface area contributed by atoms with Crippen molar-refractivity contribution in [3.05, 3.63) is 23.3 Å². The molecule has 0 saturated carbocycles. The number of rotatable bonds is 2. The van der Waals surface area contributed by atoms with Gasteiger partial charge in [-0.15, -0.1) is 0 Å². The molecular weight excluding hydrogens is 188 g/mol. The molecule has 0 atom stereocenters. The minimum absolute atomic E-state index is 0.134. The van der Waals surface area contributed by atoms with Crippen molar-refractivity contribution in [3.8, 4) is 0 Å². The van der Waals surface area contributed by atoms with E-state index >= 15 is 0 Å². The fourth-order valence-electron chi connectivity index (χ4n) is 2.12. The predicted molar refractivity (Wildman–Crippen MR) is 60.5 cm³/mol. The van der Waals surface area contributed by atoms with Gasteiger partial charge in [0.25, 0.3) is 0 Å². The highest BCUT2D eigenvalue weighted by Crippen LogP contribution is 2.39. The second kappa shape index (κ2) is 4.13. The zero-order valence-corrected chi connectivity index (χ0v) is 9.89. The highest BCUT2D eigenvalue weighted by molar-refractivity contribution is 5.93. The maximum Gasteiger partial charge on any atom is 0.156 e. The Hall–Kier alpha value is -1.18. The Morgan fingerprint density at radius 1 is 1.53 bits per heavy atom. The summed E-state index contributed by atoms with van der Waals surface area (Å²) in [6, 6.07) is 0. The fourth-order valence-corrected chi connectivity index (χ4v) is 2.12. The van der Waals surface area contributed by atoms with Crippen molar-refractivity contribution in [2.75, 3.05) is 0 Å². The molecule has 1 rings (SSSR count). The molecule has 82 valence electrons. The summed E-state index contributed by atoms with van der Waals surface area (Å²) in [4.78, 5) is 22.3. The molecule has 0 aromatic heterocycles. The van der Waals surface area contributed by atoms with E-state index in [1.165, 1.54) is 0 Å². The van der Waals surface area contributed by atoms with Crippen LogP contribution in [0.15, 0.2) is 23.3 Å². The van der Waals surface area contributed by atoms with Crippen molar-refractivity contribution in [1.82, 2.24) is 0 Å². The average molecular weight is 206 g/mol. The first-order valence-corrected chi connectivity index (χ1v) is 5.24. The maximum atomic E-state index is 11.4. The Labute approximate surface area is 91.1 Å². The van der Waals surface area contributed by atoms with Gasteiger partial charge in [0.15, 0.2) is 5.78 Å². The number of ketones is 2. The van der Waals surface area contributed by atoms with E-state index in [-0.39, 0.29) is 17.0 Å². The van der Waals surface area contributed by atoms with Gasteiger partial charge in [-0.05, 0) is 36.5 Å². The highest BCUT2D eigenvalue weighted by atomic mass is 16.1. The zero-order valence-electron chi connectivity index (χ0n) is 9.89. The van der Waals surface area contributed by atoms with Crippen LogP contribution in [-0.2, 0) is 9.59 Å². The molecule has 0 bridgehead atoms. The minimum Gasteiger partial charge on any atom is -0.300 e. The van der Waals surface area contributed by atoms with E-state index in [0.717, 1.165) is 11.1 Å². The SMILES string of the molecule is CC(=O)C/C=C1\C(C)=CC(=O)CC1(C)C. The molecule has 0 amide bonds. The van der Waals surface area contributed by atoms with Crippen LogP contribution in [0.5, 0.6) is 0 Å². The largest absolute Gasteiger partial charge is 0.300 e. The van der Waals surface area contributed by atoms with E-state index in [1.54, 1.807) is 13.0 Å². The molecule has 1 aliphatic rings. The monoisotopic (exact) mass is 206 g/mol. The number of hydrogen-bond acceptors (Lipinski definition) is 2. The molecule has 0 saturated heterocycles. The summed E-state index contributed by atoms with van der Waals surface area (Å²) in [6.45, 7) is 7.61. The summed E-state index contributed by atoms with van der Waals surface area (Å²) in [7, 11) is 0. The standard InChI is InChI=1S/C13H18O2/c1-9-7-11(15)8-13(3,4)12(9)6-5-10(2)14/h6-7H,5,8H2,1-4H3/b12-6+. The second-order valence-electron chi connectivity index (χ2n) is 4.88. The summed E-state index contributed by atoms with van der Waals surface area (Å²) in [5, 5.41) is 0. The molecule has 2 heteroatoms. The normalized spacial score (nSPS) is 22.8. The number of carbonyl (C=O) groups is 2. The number of Topliss-reactive ketones (excluding diaryl/α,β-unsaturated/α-hetero) is 1. The predicted octanol–water partition coefficient (Wildman–Crippen LogP) is 2.84. The van der Waals surface area contributed by atoms with Crippen LogP contribution in [0.3, 0.4) is 0 Å². The van der Waals surface area contributed by atoms with Crippen LogP contribution < -0.4 is 0 Å². The van der Waals surface area contributed by atoms with Gasteiger partial charge in [0, 0.05) is 12.8 Å². The Morgan fingerprint density at radius 3 is 2.60 bits per heavy atom. The molecule has 0 N–H and O–H groups in total. The molecule has 0 radical (unpaired) electrons. The van der Waals surface area contributed by atoms with E-state index in [0.29, 0.717) is 12.8 Å². The Balaban J connectivity index is 3.03. The molecule has 1 aliphatic carbocycles. The molecule has 2 nitrogen and oxygen atoms in total. The lowest BCUT2D eigenvalue weighted by Crippen LogP contribution is -2.24. The van der Waals surface area contributed by atoms with E-state index in [9.17, 15) is 9.59 Å². The molecule has 0 aromatic carbocycles. The van der Waals surface area contributed by atoms with Crippen molar-refractivity contribution in [2.24, 2.45) is 5.41 Å². The van der Waals surface area contributed by atoms with E-state index in [1.807, 2.05) is 26.8 Å². The lowest BCUT2D eigenvalue weighted by molar-refractivity contribution is -0.116. The van der Waals surface area contributed by atoms with Crippen LogP contribution in [0, 0.1) is 5.41 Å². The van der Waals surface area contributed by atoms with E-state index < -0.39 is 0 Å². The summed E-state index contributed by atoms with van der Waals surface area (Å²) < 4.78 is 0. The molecule has 0 aliphatic heterocycles. The van der Waals surface area contributed by atoms with Gasteiger partial charge in [-0.1, -0.05) is 19.9 Å². The third-order valence-electron chi connectivity index (χ3n) is 2.74. The van der Waals surface area contributed by atoms with E-state index in [4.69, 9.17) is 0 Å². The summed E-state index contributed by atoms with van der Waals surface area (Å²) in [5.41, 5.74) is 2.00. The topological polar surface area (TPSA) is 34.1 Å². The molecule has 0 spiro atoms. The first-order valence-electron chi connectivity index (χ1n) is 5.24. The van der Waals surface area contributed by atoms with Crippen LogP contribution in [0.4, 0.5) is 0 Å². The lowest BCUT2D eigenvalue weighted by Gasteiger charge is -2.31. The minimum atomic E-state index is -0.134. The first-order chi connectivity index (χ1) is 6.83. The molecule has 0 aromatic rings. The van der Waals surface area contributed by atoms with Crippen molar-refractivity contribution in [3.63, 3.8) is 0 Å². The van der Waals surface area contributed by atoms with Gasteiger partial charge in [0.2, 0.25) is 0 Å². The lowest BCUT2D eigenvalue weighted by atomic mass is 9.72. The summed E-state index contributed by atoms with van der Waals surface area (Å²) in [6.07, 6.45) is 4.63. The van der Waals surface area contributed by atoms with Gasteiger partial charge in [-0.3, -0.25) is 9.59 Å².